The quantitative estimate of drug-likeness (QED) is 0.934. The number of halogens is 1. The lowest BCUT2D eigenvalue weighted by Crippen LogP contribution is -2.45. The van der Waals surface area contributed by atoms with Gasteiger partial charge in [0.2, 0.25) is 5.95 Å². The van der Waals surface area contributed by atoms with E-state index in [1.165, 1.54) is 12.1 Å². The van der Waals surface area contributed by atoms with Gasteiger partial charge in [0, 0.05) is 37.8 Å². The van der Waals surface area contributed by atoms with Crippen molar-refractivity contribution in [2.24, 2.45) is 0 Å². The Bertz CT molecular complexity index is 711. The average Bonchev–Trinajstić information content (AvgIpc) is 3.04. The molecule has 0 amide bonds. The number of piperidine rings is 1. The van der Waals surface area contributed by atoms with Gasteiger partial charge in [0.1, 0.15) is 11.6 Å². The van der Waals surface area contributed by atoms with E-state index in [9.17, 15) is 4.39 Å². The summed E-state index contributed by atoms with van der Waals surface area (Å²) in [5, 5.41) is 3.03. The molecular formula is C17H19FN4O2. The minimum absolute atomic E-state index is 0.297. The predicted octanol–water partition coefficient (Wildman–Crippen LogP) is 2.70. The fourth-order valence-corrected chi connectivity index (χ4v) is 3.14. The number of hydrogen-bond acceptors (Lipinski definition) is 6. The molecule has 1 spiro atoms. The van der Waals surface area contributed by atoms with Crippen LogP contribution in [0.25, 0.3) is 0 Å². The van der Waals surface area contributed by atoms with Gasteiger partial charge in [-0.05, 0) is 24.3 Å². The van der Waals surface area contributed by atoms with Crippen LogP contribution in [0, 0.1) is 5.82 Å². The molecule has 0 aliphatic carbocycles. The summed E-state index contributed by atoms with van der Waals surface area (Å²) in [6, 6.07) is 8.12. The van der Waals surface area contributed by atoms with Crippen molar-refractivity contribution in [3.05, 3.63) is 42.3 Å². The number of nitrogens with zero attached hydrogens (tertiary/aromatic N) is 3. The molecule has 0 saturated carbocycles. The molecule has 2 fully saturated rings. The highest BCUT2D eigenvalue weighted by Crippen LogP contribution is 2.32. The van der Waals surface area contributed by atoms with Crippen LogP contribution < -0.4 is 10.2 Å². The zero-order chi connectivity index (χ0) is 16.4. The Balaban J connectivity index is 1.45. The monoisotopic (exact) mass is 330 g/mol. The Morgan fingerprint density at radius 2 is 1.92 bits per heavy atom. The molecule has 1 aromatic carbocycles. The van der Waals surface area contributed by atoms with Crippen LogP contribution in [0.4, 0.5) is 21.8 Å². The number of aromatic nitrogens is 2. The molecular weight excluding hydrogens is 311 g/mol. The summed E-state index contributed by atoms with van der Waals surface area (Å²) in [4.78, 5) is 10.9. The molecule has 0 atom stereocenters. The Morgan fingerprint density at radius 1 is 1.12 bits per heavy atom. The van der Waals surface area contributed by atoms with E-state index in [-0.39, 0.29) is 5.82 Å². The molecule has 1 N–H and O–H groups in total. The number of anilines is 3. The van der Waals surface area contributed by atoms with Crippen LogP contribution in [0.15, 0.2) is 36.5 Å². The summed E-state index contributed by atoms with van der Waals surface area (Å²) in [7, 11) is 0. The second-order valence-electron chi connectivity index (χ2n) is 5.97. The van der Waals surface area contributed by atoms with Crippen molar-refractivity contribution in [3.63, 3.8) is 0 Å². The molecule has 7 heteroatoms. The lowest BCUT2D eigenvalue weighted by Gasteiger charge is -2.38. The summed E-state index contributed by atoms with van der Waals surface area (Å²) in [6.07, 6.45) is 3.35. The smallest absolute Gasteiger partial charge is 0.229 e. The van der Waals surface area contributed by atoms with Crippen LogP contribution in [-0.2, 0) is 9.47 Å². The number of hydrogen-bond donors (Lipinski definition) is 1. The Hall–Kier alpha value is -2.25. The second-order valence-corrected chi connectivity index (χ2v) is 5.97. The predicted molar refractivity (Wildman–Crippen MR) is 87.8 cm³/mol. The van der Waals surface area contributed by atoms with Gasteiger partial charge >= 0.3 is 0 Å². The van der Waals surface area contributed by atoms with Crippen LogP contribution in [0.3, 0.4) is 0 Å². The first-order valence-corrected chi connectivity index (χ1v) is 8.11. The van der Waals surface area contributed by atoms with Gasteiger partial charge in [-0.25, -0.2) is 9.37 Å². The van der Waals surface area contributed by atoms with E-state index in [1.807, 2.05) is 6.07 Å². The molecule has 2 aliphatic rings. The standard InChI is InChI=1S/C17H19FN4O2/c18-13-2-1-3-14(12-13)20-16-19-7-4-15(21-16)22-8-5-17(6-9-22)23-10-11-24-17/h1-4,7,12H,5-6,8-11H2,(H,19,20,21). The molecule has 2 aromatic rings. The molecule has 24 heavy (non-hydrogen) atoms. The lowest BCUT2D eigenvalue weighted by molar-refractivity contribution is -0.169. The summed E-state index contributed by atoms with van der Waals surface area (Å²) in [5.41, 5.74) is 0.623. The Labute approximate surface area is 139 Å². The molecule has 4 rings (SSSR count). The Morgan fingerprint density at radius 3 is 2.67 bits per heavy atom. The third-order valence-corrected chi connectivity index (χ3v) is 4.38. The zero-order valence-electron chi connectivity index (χ0n) is 13.2. The molecule has 2 aliphatic heterocycles. The maximum Gasteiger partial charge on any atom is 0.229 e. The third-order valence-electron chi connectivity index (χ3n) is 4.38. The highest BCUT2D eigenvalue weighted by Gasteiger charge is 2.40. The second kappa shape index (κ2) is 6.33. The minimum Gasteiger partial charge on any atom is -0.356 e. The van der Waals surface area contributed by atoms with Crippen molar-refractivity contribution in [2.45, 2.75) is 18.6 Å². The van der Waals surface area contributed by atoms with Gasteiger partial charge < -0.3 is 19.7 Å². The minimum atomic E-state index is -0.397. The number of ether oxygens (including phenoxy) is 2. The van der Waals surface area contributed by atoms with Gasteiger partial charge in [0.15, 0.2) is 5.79 Å². The number of benzene rings is 1. The zero-order valence-corrected chi connectivity index (χ0v) is 13.2. The van der Waals surface area contributed by atoms with Crippen LogP contribution >= 0.6 is 0 Å². The topological polar surface area (TPSA) is 59.5 Å². The van der Waals surface area contributed by atoms with E-state index in [0.29, 0.717) is 24.8 Å². The molecule has 0 unspecified atom stereocenters. The van der Waals surface area contributed by atoms with Crippen molar-refractivity contribution >= 4 is 17.5 Å². The van der Waals surface area contributed by atoms with E-state index in [1.54, 1.807) is 18.3 Å². The van der Waals surface area contributed by atoms with E-state index in [0.717, 1.165) is 31.7 Å². The fourth-order valence-electron chi connectivity index (χ4n) is 3.14. The van der Waals surface area contributed by atoms with Crippen molar-refractivity contribution in [3.8, 4) is 0 Å². The van der Waals surface area contributed by atoms with Gasteiger partial charge in [-0.3, -0.25) is 0 Å². The molecule has 0 radical (unpaired) electrons. The number of nitrogens with one attached hydrogen (secondary N) is 1. The summed E-state index contributed by atoms with van der Waals surface area (Å²) >= 11 is 0. The van der Waals surface area contributed by atoms with Crippen molar-refractivity contribution in [1.29, 1.82) is 0 Å². The van der Waals surface area contributed by atoms with Crippen LogP contribution in [0.2, 0.25) is 0 Å². The largest absolute Gasteiger partial charge is 0.356 e. The van der Waals surface area contributed by atoms with Crippen molar-refractivity contribution in [2.75, 3.05) is 36.5 Å². The Kier molecular flexibility index (Phi) is 4.03. The van der Waals surface area contributed by atoms with E-state index >= 15 is 0 Å². The highest BCUT2D eigenvalue weighted by molar-refractivity contribution is 5.55. The molecule has 0 bridgehead atoms. The number of rotatable bonds is 3. The van der Waals surface area contributed by atoms with Crippen LogP contribution in [0.5, 0.6) is 0 Å². The maximum atomic E-state index is 13.3. The highest BCUT2D eigenvalue weighted by atomic mass is 19.1. The fraction of sp³-hybridized carbons (Fsp3) is 0.412. The van der Waals surface area contributed by atoms with Crippen molar-refractivity contribution < 1.29 is 13.9 Å². The average molecular weight is 330 g/mol. The van der Waals surface area contributed by atoms with Crippen LogP contribution in [0.1, 0.15) is 12.8 Å². The molecule has 3 heterocycles. The van der Waals surface area contributed by atoms with Gasteiger partial charge in [0.05, 0.1) is 13.2 Å². The van der Waals surface area contributed by atoms with E-state index in [4.69, 9.17) is 9.47 Å². The molecule has 2 saturated heterocycles. The van der Waals surface area contributed by atoms with Gasteiger partial charge in [0.25, 0.3) is 0 Å². The van der Waals surface area contributed by atoms with E-state index in [2.05, 4.69) is 20.2 Å². The summed E-state index contributed by atoms with van der Waals surface area (Å²) in [5.74, 6) is 0.601. The molecule has 126 valence electrons. The van der Waals surface area contributed by atoms with E-state index < -0.39 is 5.79 Å². The van der Waals surface area contributed by atoms with Gasteiger partial charge in [-0.2, -0.15) is 4.98 Å². The van der Waals surface area contributed by atoms with Crippen LogP contribution in [-0.4, -0.2) is 42.1 Å². The molecule has 1 aromatic heterocycles. The first-order valence-electron chi connectivity index (χ1n) is 8.11. The van der Waals surface area contributed by atoms with Gasteiger partial charge in [-0.1, -0.05) is 6.07 Å². The first-order chi connectivity index (χ1) is 11.7. The lowest BCUT2D eigenvalue weighted by atomic mass is 10.0. The van der Waals surface area contributed by atoms with Gasteiger partial charge in [-0.15, -0.1) is 0 Å². The first kappa shape index (κ1) is 15.3. The maximum absolute atomic E-state index is 13.3. The summed E-state index contributed by atoms with van der Waals surface area (Å²) < 4.78 is 24.8. The summed E-state index contributed by atoms with van der Waals surface area (Å²) in [6.45, 7) is 2.98. The molecule has 6 nitrogen and oxygen atoms in total. The van der Waals surface area contributed by atoms with Crippen molar-refractivity contribution in [1.82, 2.24) is 9.97 Å². The third kappa shape index (κ3) is 3.18. The normalized spacial score (nSPS) is 19.6. The SMILES string of the molecule is Fc1cccc(Nc2nccc(N3CCC4(CC3)OCCO4)n2)c1.